The Bertz CT molecular complexity index is 935. The maximum Gasteiger partial charge on any atom is 0.243 e. The Morgan fingerprint density at radius 2 is 1.50 bits per heavy atom. The van der Waals surface area contributed by atoms with Crippen LogP contribution in [0.4, 0.5) is 0 Å². The third kappa shape index (κ3) is 9.15. The summed E-state index contributed by atoms with van der Waals surface area (Å²) in [4.78, 5) is 38.2. The number of rotatable bonds is 12. The third-order valence-electron chi connectivity index (χ3n) is 5.43. The van der Waals surface area contributed by atoms with Crippen molar-refractivity contribution in [2.24, 2.45) is 11.7 Å². The molecule has 0 unspecified atom stereocenters. The molecule has 3 amide bonds. The molecule has 0 aromatic heterocycles. The van der Waals surface area contributed by atoms with Gasteiger partial charge in [0.1, 0.15) is 6.04 Å². The van der Waals surface area contributed by atoms with Crippen molar-refractivity contribution in [3.63, 3.8) is 0 Å². The lowest BCUT2D eigenvalue weighted by Gasteiger charge is -2.26. The molecule has 3 atom stereocenters. The first kappa shape index (κ1) is 27.3. The highest BCUT2D eigenvalue weighted by Crippen LogP contribution is 2.13. The van der Waals surface area contributed by atoms with Gasteiger partial charge < -0.3 is 21.7 Å². The van der Waals surface area contributed by atoms with E-state index in [0.29, 0.717) is 24.4 Å². The van der Waals surface area contributed by atoms with Gasteiger partial charge in [0, 0.05) is 24.0 Å². The van der Waals surface area contributed by atoms with Crippen LogP contribution < -0.4 is 21.7 Å². The maximum atomic E-state index is 13.2. The first-order valence-electron chi connectivity index (χ1n) is 11.6. The summed E-state index contributed by atoms with van der Waals surface area (Å²) in [6.45, 7) is 6.05. The van der Waals surface area contributed by atoms with Crippen molar-refractivity contribution >= 4 is 29.3 Å². The average molecular weight is 487 g/mol. The van der Waals surface area contributed by atoms with Gasteiger partial charge in [-0.15, -0.1) is 0 Å². The van der Waals surface area contributed by atoms with Gasteiger partial charge in [-0.05, 0) is 48.9 Å². The summed E-state index contributed by atoms with van der Waals surface area (Å²) in [6, 6.07) is 14.7. The monoisotopic (exact) mass is 486 g/mol. The predicted molar refractivity (Wildman–Crippen MR) is 135 cm³/mol. The Balaban J connectivity index is 2.07. The van der Waals surface area contributed by atoms with Crippen LogP contribution in [0.1, 0.15) is 38.3 Å². The molecule has 2 aromatic rings. The molecule has 0 heterocycles. The summed E-state index contributed by atoms with van der Waals surface area (Å²) in [7, 11) is 0. The zero-order valence-electron chi connectivity index (χ0n) is 20.0. The molecule has 2 rings (SSSR count). The van der Waals surface area contributed by atoms with Gasteiger partial charge in [0.2, 0.25) is 17.7 Å². The van der Waals surface area contributed by atoms with Crippen molar-refractivity contribution in [2.45, 2.75) is 58.2 Å². The second-order valence-corrected chi connectivity index (χ2v) is 9.16. The molecule has 7 nitrogen and oxygen atoms in total. The van der Waals surface area contributed by atoms with Crippen LogP contribution in [0.3, 0.4) is 0 Å². The first-order valence-corrected chi connectivity index (χ1v) is 12.0. The fraction of sp³-hybridized carbons (Fsp3) is 0.423. The van der Waals surface area contributed by atoms with Crippen LogP contribution in [0.15, 0.2) is 54.6 Å². The molecule has 0 saturated carbocycles. The molecular weight excluding hydrogens is 452 g/mol. The molecule has 0 aliphatic carbocycles. The molecule has 0 radical (unpaired) electrons. The van der Waals surface area contributed by atoms with Gasteiger partial charge in [-0.2, -0.15) is 0 Å². The molecule has 0 bridgehead atoms. The van der Waals surface area contributed by atoms with E-state index in [-0.39, 0.29) is 24.2 Å². The zero-order chi connectivity index (χ0) is 25.1. The molecular formula is C26H35ClN4O3. The second kappa shape index (κ2) is 13.7. The zero-order valence-corrected chi connectivity index (χ0v) is 20.8. The highest BCUT2D eigenvalue weighted by molar-refractivity contribution is 6.30. The molecule has 34 heavy (non-hydrogen) atoms. The van der Waals surface area contributed by atoms with E-state index in [1.54, 1.807) is 12.1 Å². The van der Waals surface area contributed by atoms with Gasteiger partial charge in [0.25, 0.3) is 0 Å². The number of hydrogen-bond donors (Lipinski definition) is 4. The summed E-state index contributed by atoms with van der Waals surface area (Å²) in [6.07, 6.45) is 0.941. The molecule has 8 heteroatoms. The Morgan fingerprint density at radius 3 is 2.09 bits per heavy atom. The highest BCUT2D eigenvalue weighted by atomic mass is 35.5. The van der Waals surface area contributed by atoms with Crippen molar-refractivity contribution in [3.05, 3.63) is 70.7 Å². The molecule has 184 valence electrons. The number of amides is 3. The van der Waals surface area contributed by atoms with Gasteiger partial charge in [-0.3, -0.25) is 14.4 Å². The number of benzene rings is 2. The minimum Gasteiger partial charge on any atom is -0.356 e. The number of nitrogens with two attached hydrogens (primary N) is 1. The van der Waals surface area contributed by atoms with Crippen LogP contribution in [-0.2, 0) is 27.2 Å². The Labute approximate surface area is 206 Å². The van der Waals surface area contributed by atoms with E-state index in [1.807, 2.05) is 63.2 Å². The predicted octanol–water partition coefficient (Wildman–Crippen LogP) is 2.60. The van der Waals surface area contributed by atoms with E-state index in [4.69, 9.17) is 17.3 Å². The van der Waals surface area contributed by atoms with Crippen molar-refractivity contribution in [1.82, 2.24) is 16.0 Å². The average Bonchev–Trinajstić information content (AvgIpc) is 2.79. The van der Waals surface area contributed by atoms with Crippen LogP contribution in [0.2, 0.25) is 5.02 Å². The third-order valence-corrected chi connectivity index (χ3v) is 5.68. The van der Waals surface area contributed by atoms with E-state index in [1.165, 1.54) is 0 Å². The molecule has 0 saturated heterocycles. The number of nitrogens with one attached hydrogen (secondary N) is 3. The molecule has 2 aromatic carbocycles. The van der Waals surface area contributed by atoms with Crippen molar-refractivity contribution in [2.75, 3.05) is 6.54 Å². The van der Waals surface area contributed by atoms with Gasteiger partial charge >= 0.3 is 0 Å². The SMILES string of the molecule is CCNC(=O)C[C@H](Cc1ccc(Cl)cc1)NC(=O)[C@@H](NC(=O)[C@@H](N)Cc1ccccc1)C(C)C. The first-order chi connectivity index (χ1) is 16.2. The lowest BCUT2D eigenvalue weighted by molar-refractivity contribution is -0.131. The fourth-order valence-electron chi connectivity index (χ4n) is 3.62. The molecule has 0 spiro atoms. The fourth-order valence-corrected chi connectivity index (χ4v) is 3.75. The van der Waals surface area contributed by atoms with Crippen LogP contribution in [0.5, 0.6) is 0 Å². The highest BCUT2D eigenvalue weighted by Gasteiger charge is 2.28. The van der Waals surface area contributed by atoms with Gasteiger partial charge in [-0.1, -0.05) is 67.9 Å². The molecule has 5 N–H and O–H groups in total. The van der Waals surface area contributed by atoms with Crippen LogP contribution >= 0.6 is 11.6 Å². The van der Waals surface area contributed by atoms with Gasteiger partial charge in [0.15, 0.2) is 0 Å². The Kier molecular flexibility index (Phi) is 11.0. The topological polar surface area (TPSA) is 113 Å². The Hall–Kier alpha value is -2.90. The van der Waals surface area contributed by atoms with Crippen molar-refractivity contribution < 1.29 is 14.4 Å². The maximum absolute atomic E-state index is 13.2. The van der Waals surface area contributed by atoms with Crippen LogP contribution in [0, 0.1) is 5.92 Å². The van der Waals surface area contributed by atoms with Crippen LogP contribution in [0.25, 0.3) is 0 Å². The number of carbonyl (C=O) groups is 3. The van der Waals surface area contributed by atoms with Gasteiger partial charge in [0.05, 0.1) is 6.04 Å². The summed E-state index contributed by atoms with van der Waals surface area (Å²) in [5, 5.41) is 9.14. The lowest BCUT2D eigenvalue weighted by atomic mass is 9.99. The summed E-state index contributed by atoms with van der Waals surface area (Å²) >= 11 is 5.98. The van der Waals surface area contributed by atoms with E-state index >= 15 is 0 Å². The van der Waals surface area contributed by atoms with Crippen molar-refractivity contribution in [1.29, 1.82) is 0 Å². The molecule has 0 fully saturated rings. The number of halogens is 1. The standard InChI is InChI=1S/C26H35ClN4O3/c1-4-29-23(32)16-21(14-19-10-12-20(27)13-11-19)30-26(34)24(17(2)3)31-25(33)22(28)15-18-8-6-5-7-9-18/h5-13,17,21-22,24H,4,14-16,28H2,1-3H3,(H,29,32)(H,30,34)(H,31,33)/t21-,22-,24-/m0/s1. The lowest BCUT2D eigenvalue weighted by Crippen LogP contribution is -2.56. The van der Waals surface area contributed by atoms with E-state index in [0.717, 1.165) is 11.1 Å². The van der Waals surface area contributed by atoms with E-state index in [2.05, 4.69) is 16.0 Å². The quantitative estimate of drug-likeness (QED) is 0.369. The second-order valence-electron chi connectivity index (χ2n) is 8.72. The van der Waals surface area contributed by atoms with E-state index < -0.39 is 24.0 Å². The van der Waals surface area contributed by atoms with Crippen LogP contribution in [-0.4, -0.2) is 42.4 Å². The number of hydrogen-bond acceptors (Lipinski definition) is 4. The summed E-state index contributed by atoms with van der Waals surface area (Å²) < 4.78 is 0. The Morgan fingerprint density at radius 1 is 0.882 bits per heavy atom. The minimum absolute atomic E-state index is 0.120. The van der Waals surface area contributed by atoms with Gasteiger partial charge in [-0.25, -0.2) is 0 Å². The smallest absolute Gasteiger partial charge is 0.243 e. The van der Waals surface area contributed by atoms with E-state index in [9.17, 15) is 14.4 Å². The largest absolute Gasteiger partial charge is 0.356 e. The summed E-state index contributed by atoms with van der Waals surface area (Å²) in [5.41, 5.74) is 7.99. The molecule has 0 aliphatic rings. The number of carbonyl (C=O) groups excluding carboxylic acids is 3. The molecule has 0 aliphatic heterocycles. The van der Waals surface area contributed by atoms with Crippen molar-refractivity contribution in [3.8, 4) is 0 Å². The normalized spacial score (nSPS) is 13.6. The summed E-state index contributed by atoms with van der Waals surface area (Å²) in [5.74, 6) is -1.07. The minimum atomic E-state index is -0.781.